The average molecular weight is 298 g/mol. The fourth-order valence-corrected chi connectivity index (χ4v) is 3.74. The zero-order chi connectivity index (χ0) is 14.5. The van der Waals surface area contributed by atoms with Crippen molar-refractivity contribution < 1.29 is 4.39 Å². The molecule has 0 bridgehead atoms. The molecule has 20 heavy (non-hydrogen) atoms. The second kappa shape index (κ2) is 7.42. The molecular weight excluding hydrogens is 273 g/mol. The number of hydrogen-bond acceptors (Lipinski definition) is 1. The van der Waals surface area contributed by atoms with Gasteiger partial charge in [0.1, 0.15) is 5.82 Å². The molecule has 1 saturated carbocycles. The van der Waals surface area contributed by atoms with Crippen LogP contribution in [0.15, 0.2) is 18.2 Å². The van der Waals surface area contributed by atoms with E-state index in [0.717, 1.165) is 24.4 Å². The van der Waals surface area contributed by atoms with E-state index in [-0.39, 0.29) is 10.8 Å². The molecule has 0 saturated heterocycles. The van der Waals surface area contributed by atoms with Crippen molar-refractivity contribution in [2.45, 2.75) is 45.4 Å². The molecule has 2 rings (SSSR count). The van der Waals surface area contributed by atoms with E-state index in [0.29, 0.717) is 11.8 Å². The Kier molecular flexibility index (Phi) is 5.86. The second-order valence-electron chi connectivity index (χ2n) is 6.18. The van der Waals surface area contributed by atoms with Crippen molar-refractivity contribution in [3.8, 4) is 0 Å². The van der Waals surface area contributed by atoms with Crippen molar-refractivity contribution in [3.63, 3.8) is 0 Å². The Labute approximate surface area is 126 Å². The summed E-state index contributed by atoms with van der Waals surface area (Å²) >= 11 is 5.75. The highest BCUT2D eigenvalue weighted by Gasteiger charge is 2.29. The van der Waals surface area contributed by atoms with Gasteiger partial charge in [-0.3, -0.25) is 0 Å². The Morgan fingerprint density at radius 2 is 2.10 bits per heavy atom. The standard InChI is InChI=1S/C17H25ClFN/c1-2-3-12-4-6-14(11-20)15(8-12)9-13-5-7-16(18)17(19)10-13/h5,7,10,12,14-15H,2-4,6,8-9,11,20H2,1H3. The van der Waals surface area contributed by atoms with Gasteiger partial charge >= 0.3 is 0 Å². The first-order chi connectivity index (χ1) is 9.63. The van der Waals surface area contributed by atoms with Gasteiger partial charge in [-0.1, -0.05) is 43.9 Å². The number of rotatable bonds is 5. The van der Waals surface area contributed by atoms with E-state index in [2.05, 4.69) is 6.92 Å². The predicted octanol–water partition coefficient (Wildman–Crippen LogP) is 4.81. The van der Waals surface area contributed by atoms with E-state index < -0.39 is 0 Å². The van der Waals surface area contributed by atoms with Crippen LogP contribution in [0.3, 0.4) is 0 Å². The highest BCUT2D eigenvalue weighted by atomic mass is 35.5. The molecular formula is C17H25ClFN. The van der Waals surface area contributed by atoms with E-state index in [1.54, 1.807) is 12.1 Å². The zero-order valence-corrected chi connectivity index (χ0v) is 13.0. The number of nitrogens with two attached hydrogens (primary N) is 1. The van der Waals surface area contributed by atoms with Crippen molar-refractivity contribution in [2.24, 2.45) is 23.5 Å². The van der Waals surface area contributed by atoms with Crippen molar-refractivity contribution >= 4 is 11.6 Å². The molecule has 1 aliphatic rings. The average Bonchev–Trinajstić information content (AvgIpc) is 2.44. The van der Waals surface area contributed by atoms with Crippen LogP contribution in [0.4, 0.5) is 4.39 Å². The van der Waals surface area contributed by atoms with Gasteiger partial charge in [-0.25, -0.2) is 4.39 Å². The summed E-state index contributed by atoms with van der Waals surface area (Å²) in [4.78, 5) is 0. The van der Waals surface area contributed by atoms with Crippen molar-refractivity contribution in [2.75, 3.05) is 6.54 Å². The van der Waals surface area contributed by atoms with Crippen LogP contribution in [-0.4, -0.2) is 6.54 Å². The smallest absolute Gasteiger partial charge is 0.142 e. The second-order valence-corrected chi connectivity index (χ2v) is 6.58. The van der Waals surface area contributed by atoms with Crippen LogP contribution < -0.4 is 5.73 Å². The maximum absolute atomic E-state index is 13.6. The van der Waals surface area contributed by atoms with Crippen LogP contribution in [0.25, 0.3) is 0 Å². The predicted molar refractivity (Wildman–Crippen MR) is 83.4 cm³/mol. The topological polar surface area (TPSA) is 26.0 Å². The molecule has 1 aliphatic carbocycles. The Bertz CT molecular complexity index is 435. The third kappa shape index (κ3) is 3.95. The van der Waals surface area contributed by atoms with Gasteiger partial charge in [0, 0.05) is 0 Å². The first kappa shape index (κ1) is 15.8. The Hall–Kier alpha value is -0.600. The van der Waals surface area contributed by atoms with Crippen LogP contribution in [0, 0.1) is 23.6 Å². The third-order valence-corrected chi connectivity index (χ3v) is 5.04. The molecule has 0 spiro atoms. The molecule has 3 atom stereocenters. The van der Waals surface area contributed by atoms with Crippen molar-refractivity contribution in [1.82, 2.24) is 0 Å². The van der Waals surface area contributed by atoms with Gasteiger partial charge in [-0.15, -0.1) is 0 Å². The molecule has 0 aromatic heterocycles. The van der Waals surface area contributed by atoms with Crippen molar-refractivity contribution in [3.05, 3.63) is 34.6 Å². The lowest BCUT2D eigenvalue weighted by Crippen LogP contribution is -2.31. The van der Waals surface area contributed by atoms with Crippen LogP contribution in [0.2, 0.25) is 5.02 Å². The van der Waals surface area contributed by atoms with Gasteiger partial charge in [0.05, 0.1) is 5.02 Å². The third-order valence-electron chi connectivity index (χ3n) is 4.73. The summed E-state index contributed by atoms with van der Waals surface area (Å²) < 4.78 is 13.6. The molecule has 0 aliphatic heterocycles. The van der Waals surface area contributed by atoms with Crippen LogP contribution in [-0.2, 0) is 6.42 Å². The fourth-order valence-electron chi connectivity index (χ4n) is 3.62. The number of halogens is 2. The van der Waals surface area contributed by atoms with E-state index in [9.17, 15) is 4.39 Å². The van der Waals surface area contributed by atoms with Gasteiger partial charge in [0.2, 0.25) is 0 Å². The molecule has 0 heterocycles. The van der Waals surface area contributed by atoms with E-state index in [1.165, 1.54) is 32.1 Å². The van der Waals surface area contributed by atoms with Crippen LogP contribution in [0.5, 0.6) is 0 Å². The molecule has 0 amide bonds. The number of benzene rings is 1. The van der Waals surface area contributed by atoms with Gasteiger partial charge in [0.15, 0.2) is 0 Å². The van der Waals surface area contributed by atoms with Crippen LogP contribution in [0.1, 0.15) is 44.6 Å². The summed E-state index contributed by atoms with van der Waals surface area (Å²) in [7, 11) is 0. The SMILES string of the molecule is CCCC1CCC(CN)C(Cc2ccc(Cl)c(F)c2)C1. The monoisotopic (exact) mass is 297 g/mol. The Morgan fingerprint density at radius 1 is 1.30 bits per heavy atom. The molecule has 0 radical (unpaired) electrons. The molecule has 3 unspecified atom stereocenters. The maximum Gasteiger partial charge on any atom is 0.142 e. The molecule has 1 aromatic rings. The minimum atomic E-state index is -0.311. The summed E-state index contributed by atoms with van der Waals surface area (Å²) in [6, 6.07) is 5.19. The summed E-state index contributed by atoms with van der Waals surface area (Å²) in [6.45, 7) is 3.00. The highest BCUT2D eigenvalue weighted by molar-refractivity contribution is 6.30. The van der Waals surface area contributed by atoms with E-state index in [4.69, 9.17) is 17.3 Å². The molecule has 2 N–H and O–H groups in total. The van der Waals surface area contributed by atoms with Gasteiger partial charge in [-0.05, 0) is 61.3 Å². The minimum Gasteiger partial charge on any atom is -0.330 e. The summed E-state index contributed by atoms with van der Waals surface area (Å²) in [5.74, 6) is 1.69. The first-order valence-electron chi connectivity index (χ1n) is 7.78. The van der Waals surface area contributed by atoms with E-state index >= 15 is 0 Å². The summed E-state index contributed by atoms with van der Waals surface area (Å²) in [5.41, 5.74) is 6.97. The van der Waals surface area contributed by atoms with Gasteiger partial charge in [-0.2, -0.15) is 0 Å². The number of hydrogen-bond donors (Lipinski definition) is 1. The molecule has 1 aromatic carbocycles. The lowest BCUT2D eigenvalue weighted by atomic mass is 9.70. The molecule has 1 fully saturated rings. The molecule has 1 nitrogen and oxygen atoms in total. The summed E-state index contributed by atoms with van der Waals surface area (Å²) in [5, 5.41) is 0.205. The van der Waals surface area contributed by atoms with E-state index in [1.807, 2.05) is 6.07 Å². The lowest BCUT2D eigenvalue weighted by Gasteiger charge is -2.36. The zero-order valence-electron chi connectivity index (χ0n) is 12.2. The van der Waals surface area contributed by atoms with Gasteiger partial charge < -0.3 is 5.73 Å². The lowest BCUT2D eigenvalue weighted by molar-refractivity contribution is 0.175. The Morgan fingerprint density at radius 3 is 2.75 bits per heavy atom. The first-order valence-corrected chi connectivity index (χ1v) is 8.15. The Balaban J connectivity index is 2.04. The fraction of sp³-hybridized carbons (Fsp3) is 0.647. The van der Waals surface area contributed by atoms with Crippen molar-refractivity contribution in [1.29, 1.82) is 0 Å². The van der Waals surface area contributed by atoms with Gasteiger partial charge in [0.25, 0.3) is 0 Å². The normalized spacial score (nSPS) is 26.7. The maximum atomic E-state index is 13.6. The molecule has 3 heteroatoms. The highest BCUT2D eigenvalue weighted by Crippen LogP contribution is 2.37. The molecule has 112 valence electrons. The minimum absolute atomic E-state index is 0.205. The quantitative estimate of drug-likeness (QED) is 0.829. The largest absolute Gasteiger partial charge is 0.330 e. The summed E-state index contributed by atoms with van der Waals surface area (Å²) in [6.07, 6.45) is 7.25. The van der Waals surface area contributed by atoms with Crippen LogP contribution >= 0.6 is 11.6 Å².